The van der Waals surface area contributed by atoms with Crippen molar-refractivity contribution in [3.05, 3.63) is 71.3 Å². The first-order valence-corrected chi connectivity index (χ1v) is 13.1. The molecule has 0 heterocycles. The summed E-state index contributed by atoms with van der Waals surface area (Å²) in [6.45, 7) is 18.7. The average Bonchev–Trinajstić information content (AvgIpc) is 2.73. The van der Waals surface area contributed by atoms with E-state index >= 15 is 0 Å². The molecule has 0 bridgehead atoms. The molecule has 0 spiro atoms. The van der Waals surface area contributed by atoms with E-state index in [9.17, 15) is 14.4 Å². The third kappa shape index (κ3) is 9.51. The van der Waals surface area contributed by atoms with Gasteiger partial charge in [0, 0.05) is 17.5 Å². The van der Waals surface area contributed by atoms with E-state index < -0.39 is 34.9 Å². The van der Waals surface area contributed by atoms with Crippen molar-refractivity contribution < 1.29 is 19.1 Å². The van der Waals surface area contributed by atoms with Gasteiger partial charge in [0.15, 0.2) is 0 Å². The molecular formula is C31H45N3O4. The lowest BCUT2D eigenvalue weighted by Gasteiger charge is -2.43. The van der Waals surface area contributed by atoms with Crippen LogP contribution in [0.15, 0.2) is 54.6 Å². The van der Waals surface area contributed by atoms with Crippen LogP contribution in [0, 0.1) is 6.92 Å². The fourth-order valence-electron chi connectivity index (χ4n) is 4.21. The van der Waals surface area contributed by atoms with Crippen LogP contribution in [0.1, 0.15) is 85.0 Å². The second-order valence-corrected chi connectivity index (χ2v) is 12.8. The Labute approximate surface area is 228 Å². The van der Waals surface area contributed by atoms with Crippen LogP contribution in [0.25, 0.3) is 0 Å². The van der Waals surface area contributed by atoms with Crippen LogP contribution in [0.4, 0.5) is 4.79 Å². The first-order chi connectivity index (χ1) is 17.4. The molecule has 2 aromatic carbocycles. The smallest absolute Gasteiger partial charge is 0.408 e. The Morgan fingerprint density at radius 2 is 1.47 bits per heavy atom. The van der Waals surface area contributed by atoms with Crippen molar-refractivity contribution in [2.24, 2.45) is 0 Å². The molecule has 0 radical (unpaired) electrons. The third-order valence-electron chi connectivity index (χ3n) is 5.59. The Hall–Kier alpha value is -3.35. The second kappa shape index (κ2) is 12.0. The van der Waals surface area contributed by atoms with E-state index in [1.54, 1.807) is 25.7 Å². The summed E-state index contributed by atoms with van der Waals surface area (Å²) in [6, 6.07) is 15.2. The van der Waals surface area contributed by atoms with Crippen LogP contribution in [-0.4, -0.2) is 45.5 Å². The molecule has 3 amide bonds. The van der Waals surface area contributed by atoms with Gasteiger partial charge in [-0.05, 0) is 80.4 Å². The zero-order valence-corrected chi connectivity index (χ0v) is 24.6. The molecule has 0 fully saturated rings. The first kappa shape index (κ1) is 30.9. The van der Waals surface area contributed by atoms with Gasteiger partial charge in [-0.2, -0.15) is 0 Å². The summed E-state index contributed by atoms with van der Waals surface area (Å²) in [5, 5.41) is 5.86. The van der Waals surface area contributed by atoms with Gasteiger partial charge >= 0.3 is 6.09 Å². The van der Waals surface area contributed by atoms with E-state index in [-0.39, 0.29) is 18.2 Å². The van der Waals surface area contributed by atoms with E-state index in [0.29, 0.717) is 5.56 Å². The maximum atomic E-state index is 14.4. The number of hydrogen-bond donors (Lipinski definition) is 2. The predicted molar refractivity (Wildman–Crippen MR) is 152 cm³/mol. The SMILES string of the molecule is Cc1cccc(C(C(=O)NC(C)(C)C)N(C(=O)C(Cc2ccccc2)NC(=O)OC(C)(C)C)C(C)(C)C)c1. The summed E-state index contributed by atoms with van der Waals surface area (Å²) < 4.78 is 5.50. The number of benzene rings is 2. The number of rotatable bonds is 7. The van der Waals surface area contributed by atoms with Crippen LogP contribution < -0.4 is 10.6 Å². The highest BCUT2D eigenvalue weighted by molar-refractivity contribution is 5.93. The Bertz CT molecular complexity index is 1110. The van der Waals surface area contributed by atoms with Gasteiger partial charge < -0.3 is 20.3 Å². The van der Waals surface area contributed by atoms with Crippen molar-refractivity contribution in [2.45, 2.75) is 104 Å². The van der Waals surface area contributed by atoms with Crippen molar-refractivity contribution >= 4 is 17.9 Å². The number of nitrogens with zero attached hydrogens (tertiary/aromatic N) is 1. The van der Waals surface area contributed by atoms with Gasteiger partial charge in [0.05, 0.1) is 0 Å². The summed E-state index contributed by atoms with van der Waals surface area (Å²) >= 11 is 0. The highest BCUT2D eigenvalue weighted by atomic mass is 16.6. The zero-order chi connectivity index (χ0) is 28.9. The fraction of sp³-hybridized carbons (Fsp3) is 0.516. The van der Waals surface area contributed by atoms with Gasteiger partial charge in [0.2, 0.25) is 11.8 Å². The van der Waals surface area contributed by atoms with E-state index in [1.807, 2.05) is 103 Å². The topological polar surface area (TPSA) is 87.7 Å². The number of aryl methyl sites for hydroxylation is 1. The van der Waals surface area contributed by atoms with Crippen LogP contribution in [0.2, 0.25) is 0 Å². The molecule has 2 unspecified atom stereocenters. The quantitative estimate of drug-likeness (QED) is 0.486. The highest BCUT2D eigenvalue weighted by Gasteiger charge is 2.42. The number of carbonyl (C=O) groups is 3. The Kier molecular flexibility index (Phi) is 9.76. The number of carbonyl (C=O) groups excluding carboxylic acids is 3. The molecule has 0 saturated heterocycles. The molecule has 7 nitrogen and oxygen atoms in total. The summed E-state index contributed by atoms with van der Waals surface area (Å²) in [6.07, 6.45) is -0.445. The molecule has 0 aliphatic carbocycles. The third-order valence-corrected chi connectivity index (χ3v) is 5.59. The van der Waals surface area contributed by atoms with Crippen molar-refractivity contribution in [1.29, 1.82) is 0 Å². The molecular weight excluding hydrogens is 478 g/mol. The number of hydrogen-bond acceptors (Lipinski definition) is 4. The summed E-state index contributed by atoms with van der Waals surface area (Å²) in [5.41, 5.74) is 0.554. The van der Waals surface area contributed by atoms with Crippen LogP contribution in [0.3, 0.4) is 0 Å². The standard InChI is InChI=1S/C31H45N3O4/c1-21-15-14-18-23(19-21)25(26(35)33-29(2,3)4)34(30(5,6)7)27(36)24(20-22-16-12-11-13-17-22)32-28(37)38-31(8,9)10/h11-19,24-25H,20H2,1-10H3,(H,32,37)(H,33,35). The zero-order valence-electron chi connectivity index (χ0n) is 24.6. The first-order valence-electron chi connectivity index (χ1n) is 13.1. The summed E-state index contributed by atoms with van der Waals surface area (Å²) in [4.78, 5) is 42.7. The van der Waals surface area contributed by atoms with Crippen molar-refractivity contribution in [1.82, 2.24) is 15.5 Å². The lowest BCUT2D eigenvalue weighted by atomic mass is 9.93. The minimum Gasteiger partial charge on any atom is -0.444 e. The fourth-order valence-corrected chi connectivity index (χ4v) is 4.21. The van der Waals surface area contributed by atoms with E-state index in [1.165, 1.54) is 0 Å². The second-order valence-electron chi connectivity index (χ2n) is 12.8. The molecule has 2 aromatic rings. The minimum atomic E-state index is -0.957. The van der Waals surface area contributed by atoms with Crippen LogP contribution in [-0.2, 0) is 20.7 Å². The normalized spacial score (nSPS) is 13.7. The van der Waals surface area contributed by atoms with Crippen molar-refractivity contribution in [3.8, 4) is 0 Å². The van der Waals surface area contributed by atoms with Gasteiger partial charge in [0.1, 0.15) is 17.7 Å². The molecule has 38 heavy (non-hydrogen) atoms. The number of ether oxygens (including phenoxy) is 1. The monoisotopic (exact) mass is 523 g/mol. The van der Waals surface area contributed by atoms with Crippen molar-refractivity contribution in [2.75, 3.05) is 0 Å². The molecule has 0 aliphatic heterocycles. The van der Waals surface area contributed by atoms with E-state index in [2.05, 4.69) is 10.6 Å². The largest absolute Gasteiger partial charge is 0.444 e. The van der Waals surface area contributed by atoms with Gasteiger partial charge in [-0.15, -0.1) is 0 Å². The molecule has 2 atom stereocenters. The minimum absolute atomic E-state index is 0.243. The van der Waals surface area contributed by atoms with Gasteiger partial charge in [-0.3, -0.25) is 9.59 Å². The maximum absolute atomic E-state index is 14.4. The van der Waals surface area contributed by atoms with Gasteiger partial charge in [0.25, 0.3) is 0 Å². The molecule has 2 N–H and O–H groups in total. The van der Waals surface area contributed by atoms with Crippen LogP contribution in [0.5, 0.6) is 0 Å². The number of amides is 3. The van der Waals surface area contributed by atoms with Gasteiger partial charge in [-0.1, -0.05) is 60.2 Å². The Morgan fingerprint density at radius 1 is 0.868 bits per heavy atom. The molecule has 7 heteroatoms. The highest BCUT2D eigenvalue weighted by Crippen LogP contribution is 2.31. The van der Waals surface area contributed by atoms with Crippen molar-refractivity contribution in [3.63, 3.8) is 0 Å². The van der Waals surface area contributed by atoms with Crippen LogP contribution >= 0.6 is 0 Å². The average molecular weight is 524 g/mol. The summed E-state index contributed by atoms with van der Waals surface area (Å²) in [7, 11) is 0. The van der Waals surface area contributed by atoms with E-state index in [4.69, 9.17) is 4.74 Å². The van der Waals surface area contributed by atoms with E-state index in [0.717, 1.165) is 11.1 Å². The number of alkyl carbamates (subject to hydrolysis) is 1. The summed E-state index contributed by atoms with van der Waals surface area (Å²) in [5.74, 6) is -0.662. The molecule has 0 aliphatic rings. The lowest BCUT2D eigenvalue weighted by Crippen LogP contribution is -2.60. The molecule has 0 aromatic heterocycles. The molecule has 208 valence electrons. The maximum Gasteiger partial charge on any atom is 0.408 e. The Balaban J connectivity index is 2.62. The molecule has 0 saturated carbocycles. The van der Waals surface area contributed by atoms with Gasteiger partial charge in [-0.25, -0.2) is 4.79 Å². The lowest BCUT2D eigenvalue weighted by molar-refractivity contribution is -0.149. The Morgan fingerprint density at radius 3 is 1.97 bits per heavy atom. The predicted octanol–water partition coefficient (Wildman–Crippen LogP) is 5.71. The molecule has 2 rings (SSSR count). The number of nitrogens with one attached hydrogen (secondary N) is 2.